The first-order chi connectivity index (χ1) is 8.24. The largest absolute Gasteiger partial charge is 0.491 e. The molecule has 0 saturated carbocycles. The number of hydrogen-bond donors (Lipinski definition) is 2. The summed E-state index contributed by atoms with van der Waals surface area (Å²) in [6.07, 6.45) is 2.81. The molecule has 0 bridgehead atoms. The second kappa shape index (κ2) is 5.92. The van der Waals surface area contributed by atoms with Crippen molar-refractivity contribution in [2.24, 2.45) is 0 Å². The number of anilines is 1. The first kappa shape index (κ1) is 12.2. The number of hydrogen-bond acceptors (Lipinski definition) is 3. The normalized spacial score (nSPS) is 19.6. The predicted octanol–water partition coefficient (Wildman–Crippen LogP) is 2.64. The van der Waals surface area contributed by atoms with Gasteiger partial charge in [-0.25, -0.2) is 0 Å². The van der Waals surface area contributed by atoms with Crippen LogP contribution >= 0.6 is 0 Å². The van der Waals surface area contributed by atoms with E-state index >= 15 is 0 Å². The minimum Gasteiger partial charge on any atom is -0.491 e. The Morgan fingerprint density at radius 1 is 1.35 bits per heavy atom. The van der Waals surface area contributed by atoms with E-state index < -0.39 is 0 Å². The molecule has 2 N–H and O–H groups in total. The lowest BCUT2D eigenvalue weighted by Gasteiger charge is -2.14. The second-order valence-electron chi connectivity index (χ2n) is 4.87. The molecule has 2 rings (SSSR count). The number of ether oxygens (including phenoxy) is 1. The summed E-state index contributed by atoms with van der Waals surface area (Å²) < 4.78 is 5.61. The van der Waals surface area contributed by atoms with Crippen LogP contribution in [0.1, 0.15) is 26.7 Å². The van der Waals surface area contributed by atoms with Crippen molar-refractivity contribution < 1.29 is 4.74 Å². The molecule has 1 aliphatic heterocycles. The van der Waals surface area contributed by atoms with Gasteiger partial charge in [0.05, 0.1) is 6.10 Å². The fraction of sp³-hybridized carbons (Fsp3) is 0.571. The lowest BCUT2D eigenvalue weighted by atomic mass is 10.2. The van der Waals surface area contributed by atoms with Gasteiger partial charge in [0, 0.05) is 18.3 Å². The fourth-order valence-corrected chi connectivity index (χ4v) is 2.10. The van der Waals surface area contributed by atoms with Crippen molar-refractivity contribution in [3.63, 3.8) is 0 Å². The molecule has 1 aliphatic rings. The fourth-order valence-electron chi connectivity index (χ4n) is 2.10. The van der Waals surface area contributed by atoms with Crippen LogP contribution in [0.3, 0.4) is 0 Å². The summed E-state index contributed by atoms with van der Waals surface area (Å²) in [5.74, 6) is 0.935. The minimum absolute atomic E-state index is 0.233. The average molecular weight is 234 g/mol. The summed E-state index contributed by atoms with van der Waals surface area (Å²) >= 11 is 0. The van der Waals surface area contributed by atoms with Gasteiger partial charge < -0.3 is 15.4 Å². The van der Waals surface area contributed by atoms with Crippen LogP contribution in [0, 0.1) is 0 Å². The highest BCUT2D eigenvalue weighted by Gasteiger charge is 2.12. The number of benzene rings is 1. The van der Waals surface area contributed by atoms with Gasteiger partial charge in [0.2, 0.25) is 0 Å². The molecule has 1 saturated heterocycles. The van der Waals surface area contributed by atoms with Crippen LogP contribution in [0.25, 0.3) is 0 Å². The molecule has 0 aromatic heterocycles. The smallest absolute Gasteiger partial charge is 0.119 e. The van der Waals surface area contributed by atoms with Gasteiger partial charge in [-0.05, 0) is 57.5 Å². The molecule has 0 amide bonds. The van der Waals surface area contributed by atoms with E-state index in [4.69, 9.17) is 4.74 Å². The highest BCUT2D eigenvalue weighted by Crippen LogP contribution is 2.17. The Balaban J connectivity index is 1.80. The minimum atomic E-state index is 0.233. The van der Waals surface area contributed by atoms with Crippen molar-refractivity contribution in [1.82, 2.24) is 5.32 Å². The summed E-state index contributed by atoms with van der Waals surface area (Å²) in [7, 11) is 0. The third kappa shape index (κ3) is 3.93. The molecule has 1 heterocycles. The quantitative estimate of drug-likeness (QED) is 0.821. The summed E-state index contributed by atoms with van der Waals surface area (Å²) in [5.41, 5.74) is 1.16. The summed E-state index contributed by atoms with van der Waals surface area (Å²) in [6, 6.07) is 8.82. The standard InChI is InChI=1S/C14H22N2O/c1-11(2)17-14-7-5-12(6-8-14)16-10-13-4-3-9-15-13/h5-8,11,13,15-16H,3-4,9-10H2,1-2H3. The van der Waals surface area contributed by atoms with E-state index in [1.807, 2.05) is 26.0 Å². The van der Waals surface area contributed by atoms with E-state index in [0.29, 0.717) is 6.04 Å². The number of rotatable bonds is 5. The summed E-state index contributed by atoms with van der Waals surface area (Å²) in [4.78, 5) is 0. The average Bonchev–Trinajstić information content (AvgIpc) is 2.80. The molecule has 1 fully saturated rings. The Hall–Kier alpha value is -1.22. The monoisotopic (exact) mass is 234 g/mol. The van der Waals surface area contributed by atoms with Crippen molar-refractivity contribution in [3.8, 4) is 5.75 Å². The summed E-state index contributed by atoms with van der Waals surface area (Å²) in [5, 5.41) is 6.93. The lowest BCUT2D eigenvalue weighted by Crippen LogP contribution is -2.29. The van der Waals surface area contributed by atoms with Crippen LogP contribution < -0.4 is 15.4 Å². The lowest BCUT2D eigenvalue weighted by molar-refractivity contribution is 0.242. The maximum Gasteiger partial charge on any atom is 0.119 e. The molecule has 3 nitrogen and oxygen atoms in total. The molecule has 1 atom stereocenters. The third-order valence-corrected chi connectivity index (χ3v) is 2.94. The highest BCUT2D eigenvalue weighted by atomic mass is 16.5. The zero-order chi connectivity index (χ0) is 12.1. The Kier molecular flexibility index (Phi) is 4.26. The van der Waals surface area contributed by atoms with Crippen molar-refractivity contribution in [3.05, 3.63) is 24.3 Å². The molecule has 17 heavy (non-hydrogen) atoms. The van der Waals surface area contributed by atoms with Crippen LogP contribution in [0.4, 0.5) is 5.69 Å². The molecule has 3 heteroatoms. The molecule has 0 radical (unpaired) electrons. The van der Waals surface area contributed by atoms with Gasteiger partial charge in [-0.1, -0.05) is 0 Å². The Labute approximate surface area is 104 Å². The first-order valence-electron chi connectivity index (χ1n) is 6.48. The Bertz CT molecular complexity index is 329. The van der Waals surface area contributed by atoms with Crippen molar-refractivity contribution in [2.75, 3.05) is 18.4 Å². The van der Waals surface area contributed by atoms with Crippen LogP contribution in [-0.4, -0.2) is 25.2 Å². The molecule has 1 unspecified atom stereocenters. The van der Waals surface area contributed by atoms with Crippen LogP contribution in [-0.2, 0) is 0 Å². The van der Waals surface area contributed by atoms with Gasteiger partial charge in [-0.2, -0.15) is 0 Å². The maximum atomic E-state index is 5.61. The predicted molar refractivity (Wildman–Crippen MR) is 71.7 cm³/mol. The van der Waals surface area contributed by atoms with Crippen LogP contribution in [0.5, 0.6) is 5.75 Å². The van der Waals surface area contributed by atoms with Crippen molar-refractivity contribution in [1.29, 1.82) is 0 Å². The van der Waals surface area contributed by atoms with E-state index in [1.54, 1.807) is 0 Å². The van der Waals surface area contributed by atoms with Crippen molar-refractivity contribution in [2.45, 2.75) is 38.8 Å². The molecule has 0 spiro atoms. The topological polar surface area (TPSA) is 33.3 Å². The van der Waals surface area contributed by atoms with Gasteiger partial charge >= 0.3 is 0 Å². The zero-order valence-electron chi connectivity index (χ0n) is 10.7. The van der Waals surface area contributed by atoms with Gasteiger partial charge in [-0.3, -0.25) is 0 Å². The van der Waals surface area contributed by atoms with E-state index in [1.165, 1.54) is 12.8 Å². The van der Waals surface area contributed by atoms with Gasteiger partial charge in [0.15, 0.2) is 0 Å². The van der Waals surface area contributed by atoms with E-state index in [9.17, 15) is 0 Å². The molecule has 1 aromatic carbocycles. The molecular weight excluding hydrogens is 212 g/mol. The van der Waals surface area contributed by atoms with E-state index in [-0.39, 0.29) is 6.10 Å². The van der Waals surface area contributed by atoms with E-state index in [0.717, 1.165) is 24.5 Å². The van der Waals surface area contributed by atoms with Crippen LogP contribution in [0.15, 0.2) is 24.3 Å². The van der Waals surface area contributed by atoms with Gasteiger partial charge in [-0.15, -0.1) is 0 Å². The highest BCUT2D eigenvalue weighted by molar-refractivity contribution is 5.46. The molecular formula is C14H22N2O. The Morgan fingerprint density at radius 3 is 2.71 bits per heavy atom. The van der Waals surface area contributed by atoms with Gasteiger partial charge in [0.1, 0.15) is 5.75 Å². The second-order valence-corrected chi connectivity index (χ2v) is 4.87. The zero-order valence-corrected chi connectivity index (χ0v) is 10.7. The van der Waals surface area contributed by atoms with Crippen LogP contribution in [0.2, 0.25) is 0 Å². The summed E-state index contributed by atoms with van der Waals surface area (Å²) in [6.45, 7) is 6.24. The number of nitrogens with one attached hydrogen (secondary N) is 2. The van der Waals surface area contributed by atoms with Gasteiger partial charge in [0.25, 0.3) is 0 Å². The molecule has 1 aromatic rings. The Morgan fingerprint density at radius 2 is 2.12 bits per heavy atom. The SMILES string of the molecule is CC(C)Oc1ccc(NCC2CCCN2)cc1. The molecule has 94 valence electrons. The third-order valence-electron chi connectivity index (χ3n) is 2.94. The first-order valence-corrected chi connectivity index (χ1v) is 6.48. The maximum absolute atomic E-state index is 5.61. The molecule has 0 aliphatic carbocycles. The van der Waals surface area contributed by atoms with Crippen molar-refractivity contribution >= 4 is 5.69 Å². The van der Waals surface area contributed by atoms with E-state index in [2.05, 4.69) is 22.8 Å².